The van der Waals surface area contributed by atoms with Gasteiger partial charge in [0, 0.05) is 68.5 Å². The van der Waals surface area contributed by atoms with Crippen molar-refractivity contribution in [2.75, 3.05) is 44.1 Å². The number of halogens is 2. The summed E-state index contributed by atoms with van der Waals surface area (Å²) in [5, 5.41) is 20.4. The predicted octanol–water partition coefficient (Wildman–Crippen LogP) is 5.02. The second-order valence-corrected chi connectivity index (χ2v) is 10.6. The lowest BCUT2D eigenvalue weighted by atomic mass is 9.81. The maximum Gasteiger partial charge on any atom is 0.236 e. The van der Waals surface area contributed by atoms with Crippen LogP contribution in [-0.4, -0.2) is 61.6 Å². The van der Waals surface area contributed by atoms with Crippen LogP contribution in [0.1, 0.15) is 45.4 Å². The van der Waals surface area contributed by atoms with Crippen molar-refractivity contribution >= 4 is 23.1 Å². The van der Waals surface area contributed by atoms with Crippen molar-refractivity contribution in [3.63, 3.8) is 0 Å². The highest BCUT2D eigenvalue weighted by Gasteiger charge is 2.33. The molecule has 8 nitrogen and oxygen atoms in total. The highest BCUT2D eigenvalue weighted by molar-refractivity contribution is 6.33. The molecule has 1 atom stereocenters. The summed E-state index contributed by atoms with van der Waals surface area (Å²) in [6, 6.07) is 7.13. The Morgan fingerprint density at radius 2 is 1.92 bits per heavy atom. The van der Waals surface area contributed by atoms with E-state index in [1.807, 2.05) is 6.07 Å². The van der Waals surface area contributed by atoms with Crippen LogP contribution >= 0.6 is 11.6 Å². The quantitative estimate of drug-likeness (QED) is 0.368. The van der Waals surface area contributed by atoms with Gasteiger partial charge in [-0.15, -0.1) is 0 Å². The van der Waals surface area contributed by atoms with Gasteiger partial charge in [0.15, 0.2) is 0 Å². The molecule has 0 spiro atoms. The minimum atomic E-state index is -0.613. The number of hydrogen-bond donors (Lipinski definition) is 3. The second-order valence-electron chi connectivity index (χ2n) is 10.2. The van der Waals surface area contributed by atoms with E-state index < -0.39 is 11.4 Å². The first-order valence-electron chi connectivity index (χ1n) is 13.0. The minimum absolute atomic E-state index is 0.245. The molecule has 1 aliphatic heterocycles. The van der Waals surface area contributed by atoms with Crippen molar-refractivity contribution < 1.29 is 13.9 Å². The van der Waals surface area contributed by atoms with Gasteiger partial charge in [0.2, 0.25) is 5.95 Å². The molecule has 10 heteroatoms. The fraction of sp³-hybridized carbons (Fsp3) is 0.593. The van der Waals surface area contributed by atoms with Crippen LogP contribution < -0.4 is 16.0 Å². The molecular formula is C27H36ClFN6O2. The standard InChI is InChI=1S/C27H36ClFN6O2/c1-18(15-36-2)34-20-3-5-21(6-4-20)35-25-12-22(23(28)14-31-25)19-11-24(26(29)32-13-19)33-17-27(16-30)7-9-37-10-8-27/h11-14,18,20-21,33-34H,3-10,15,17H2,1-2H3,(H,31,35)/t18-,20?,21?/m0/s1. The second kappa shape index (κ2) is 12.8. The van der Waals surface area contributed by atoms with Gasteiger partial charge in [0.1, 0.15) is 5.82 Å². The minimum Gasteiger partial charge on any atom is -0.383 e. The zero-order valence-corrected chi connectivity index (χ0v) is 22.3. The van der Waals surface area contributed by atoms with Gasteiger partial charge in [0.25, 0.3) is 0 Å². The zero-order chi connectivity index (χ0) is 26.3. The molecule has 0 bridgehead atoms. The van der Waals surface area contributed by atoms with E-state index >= 15 is 0 Å². The third-order valence-electron chi connectivity index (χ3n) is 7.33. The fourth-order valence-corrected chi connectivity index (χ4v) is 5.34. The number of aromatic nitrogens is 2. The highest BCUT2D eigenvalue weighted by atomic mass is 35.5. The summed E-state index contributed by atoms with van der Waals surface area (Å²) < 4.78 is 25.2. The lowest BCUT2D eigenvalue weighted by Gasteiger charge is -2.32. The van der Waals surface area contributed by atoms with Crippen LogP contribution in [0.5, 0.6) is 0 Å². The smallest absolute Gasteiger partial charge is 0.236 e. The van der Waals surface area contributed by atoms with Crippen LogP contribution in [0, 0.1) is 22.7 Å². The molecule has 1 aliphatic carbocycles. The Morgan fingerprint density at radius 1 is 1.19 bits per heavy atom. The van der Waals surface area contributed by atoms with Crippen molar-refractivity contribution in [1.82, 2.24) is 15.3 Å². The maximum absolute atomic E-state index is 14.6. The van der Waals surface area contributed by atoms with Gasteiger partial charge in [0.05, 0.1) is 28.8 Å². The van der Waals surface area contributed by atoms with Crippen molar-refractivity contribution in [2.45, 2.75) is 63.6 Å². The van der Waals surface area contributed by atoms with E-state index in [1.54, 1.807) is 19.4 Å². The predicted molar refractivity (Wildman–Crippen MR) is 143 cm³/mol. The fourth-order valence-electron chi connectivity index (χ4n) is 5.13. The Labute approximate surface area is 223 Å². The summed E-state index contributed by atoms with van der Waals surface area (Å²) >= 11 is 6.49. The molecule has 4 rings (SSSR count). The van der Waals surface area contributed by atoms with Crippen molar-refractivity contribution in [1.29, 1.82) is 5.26 Å². The van der Waals surface area contributed by atoms with Crippen LogP contribution in [0.3, 0.4) is 0 Å². The average molecular weight is 531 g/mol. The lowest BCUT2D eigenvalue weighted by molar-refractivity contribution is 0.0456. The first-order valence-corrected chi connectivity index (χ1v) is 13.3. The molecule has 3 N–H and O–H groups in total. The Bertz CT molecular complexity index is 1080. The summed E-state index contributed by atoms with van der Waals surface area (Å²) in [5.74, 6) is 0.116. The van der Waals surface area contributed by atoms with Gasteiger partial charge < -0.3 is 25.4 Å². The Balaban J connectivity index is 1.41. The van der Waals surface area contributed by atoms with Crippen LogP contribution in [0.15, 0.2) is 24.5 Å². The van der Waals surface area contributed by atoms with Crippen LogP contribution in [0.25, 0.3) is 11.1 Å². The van der Waals surface area contributed by atoms with E-state index in [2.05, 4.69) is 38.9 Å². The first-order chi connectivity index (χ1) is 17.9. The molecule has 3 heterocycles. The number of nitrogens with zero attached hydrogens (tertiary/aromatic N) is 3. The van der Waals surface area contributed by atoms with E-state index in [0.717, 1.165) is 37.1 Å². The zero-order valence-electron chi connectivity index (χ0n) is 21.5. The number of methoxy groups -OCH3 is 1. The number of pyridine rings is 2. The van der Waals surface area contributed by atoms with Crippen LogP contribution in [-0.2, 0) is 9.47 Å². The lowest BCUT2D eigenvalue weighted by Crippen LogP contribution is -2.42. The van der Waals surface area contributed by atoms with Crippen molar-refractivity contribution in [2.24, 2.45) is 5.41 Å². The molecule has 1 saturated carbocycles. The summed E-state index contributed by atoms with van der Waals surface area (Å²) in [6.45, 7) is 4.24. The van der Waals surface area contributed by atoms with Crippen molar-refractivity contribution in [3.8, 4) is 17.2 Å². The highest BCUT2D eigenvalue weighted by Crippen LogP contribution is 2.34. The van der Waals surface area contributed by atoms with Gasteiger partial charge in [-0.1, -0.05) is 11.6 Å². The monoisotopic (exact) mass is 530 g/mol. The summed E-state index contributed by atoms with van der Waals surface area (Å²) in [6.07, 6.45) is 8.55. The molecule has 1 saturated heterocycles. The number of hydrogen-bond acceptors (Lipinski definition) is 8. The summed E-state index contributed by atoms with van der Waals surface area (Å²) in [5.41, 5.74) is 1.06. The molecule has 2 aromatic rings. The Morgan fingerprint density at radius 3 is 2.62 bits per heavy atom. The SMILES string of the molecule is COC[C@H](C)NC1CCC(Nc2cc(-c3cnc(F)c(NCC4(C#N)CCOCC4)c3)c(Cl)cn2)CC1. The number of ether oxygens (including phenoxy) is 2. The third kappa shape index (κ3) is 7.29. The van der Waals surface area contributed by atoms with Gasteiger partial charge in [-0.2, -0.15) is 9.65 Å². The van der Waals surface area contributed by atoms with Gasteiger partial charge in [-0.05, 0) is 57.6 Å². The van der Waals surface area contributed by atoms with E-state index in [9.17, 15) is 9.65 Å². The van der Waals surface area contributed by atoms with Crippen LogP contribution in [0.2, 0.25) is 5.02 Å². The topological polar surface area (TPSA) is 104 Å². The Hall–Kier alpha value is -2.51. The third-order valence-corrected chi connectivity index (χ3v) is 7.63. The number of rotatable bonds is 10. The molecule has 0 amide bonds. The van der Waals surface area contributed by atoms with Crippen molar-refractivity contribution in [3.05, 3.63) is 35.5 Å². The molecule has 0 unspecified atom stereocenters. The number of anilines is 2. The summed E-state index contributed by atoms with van der Waals surface area (Å²) in [7, 11) is 1.73. The van der Waals surface area contributed by atoms with Gasteiger partial charge >= 0.3 is 0 Å². The van der Waals surface area contributed by atoms with Gasteiger partial charge in [-0.25, -0.2) is 9.97 Å². The molecular weight excluding hydrogens is 495 g/mol. The number of nitriles is 1. The molecule has 0 radical (unpaired) electrons. The maximum atomic E-state index is 14.6. The van der Waals surface area contributed by atoms with Gasteiger partial charge in [-0.3, -0.25) is 0 Å². The average Bonchev–Trinajstić information content (AvgIpc) is 2.91. The van der Waals surface area contributed by atoms with Crippen LogP contribution in [0.4, 0.5) is 15.9 Å². The normalized spacial score (nSPS) is 22.1. The molecule has 200 valence electrons. The largest absolute Gasteiger partial charge is 0.383 e. The molecule has 37 heavy (non-hydrogen) atoms. The molecule has 2 aromatic heterocycles. The van der Waals surface area contributed by atoms with E-state index in [-0.39, 0.29) is 5.69 Å². The molecule has 2 fully saturated rings. The molecule has 2 aliphatic rings. The first kappa shape index (κ1) is 27.5. The van der Waals surface area contributed by atoms with E-state index in [1.165, 1.54) is 6.20 Å². The number of nitrogens with one attached hydrogen (secondary N) is 3. The van der Waals surface area contributed by atoms with E-state index in [4.69, 9.17) is 21.1 Å². The molecule has 0 aromatic carbocycles. The summed E-state index contributed by atoms with van der Waals surface area (Å²) in [4.78, 5) is 8.42. The Kier molecular flexibility index (Phi) is 9.54. The van der Waals surface area contributed by atoms with E-state index in [0.29, 0.717) is 67.9 Å².